The molecule has 0 radical (unpaired) electrons. The van der Waals surface area contributed by atoms with Gasteiger partial charge in [-0.3, -0.25) is 4.79 Å². The summed E-state index contributed by atoms with van der Waals surface area (Å²) >= 11 is 0. The van der Waals surface area contributed by atoms with Gasteiger partial charge in [-0.1, -0.05) is 26.0 Å². The molecule has 0 saturated heterocycles. The fraction of sp³-hybridized carbons (Fsp3) is 0.812. The van der Waals surface area contributed by atoms with Crippen LogP contribution in [0.4, 0.5) is 0 Å². The summed E-state index contributed by atoms with van der Waals surface area (Å²) < 4.78 is 5.64. The van der Waals surface area contributed by atoms with E-state index in [1.807, 2.05) is 0 Å². The second-order valence-electron chi connectivity index (χ2n) is 7.15. The topological polar surface area (TPSA) is 26.3 Å². The van der Waals surface area contributed by atoms with Crippen molar-refractivity contribution in [1.82, 2.24) is 0 Å². The van der Waals surface area contributed by atoms with Crippen LogP contribution in [0.25, 0.3) is 0 Å². The lowest BCUT2D eigenvalue weighted by atomic mass is 9.57. The second-order valence-corrected chi connectivity index (χ2v) is 7.15. The van der Waals surface area contributed by atoms with E-state index < -0.39 is 0 Å². The lowest BCUT2D eigenvalue weighted by Gasteiger charge is -2.48. The van der Waals surface area contributed by atoms with Crippen LogP contribution in [0, 0.1) is 22.7 Å². The molecule has 0 aromatic rings. The lowest BCUT2D eigenvalue weighted by Crippen LogP contribution is -2.44. The lowest BCUT2D eigenvalue weighted by molar-refractivity contribution is -0.153. The summed E-state index contributed by atoms with van der Waals surface area (Å²) in [6, 6.07) is 0. The van der Waals surface area contributed by atoms with Crippen LogP contribution in [0.3, 0.4) is 0 Å². The molecule has 0 aliphatic heterocycles. The van der Waals surface area contributed by atoms with Gasteiger partial charge in [-0.05, 0) is 49.4 Å². The van der Waals surface area contributed by atoms with Crippen molar-refractivity contribution in [2.45, 2.75) is 59.0 Å². The summed E-state index contributed by atoms with van der Waals surface area (Å²) in [7, 11) is 0. The number of ether oxygens (including phenoxy) is 1. The van der Waals surface area contributed by atoms with Gasteiger partial charge in [0.1, 0.15) is 6.10 Å². The Morgan fingerprint density at radius 3 is 2.72 bits per heavy atom. The SMILES string of the molecule is C=C1C2CCC(OC(C)=O)C23CCC(C3)C1(C)C. The van der Waals surface area contributed by atoms with Crippen molar-refractivity contribution in [1.29, 1.82) is 0 Å². The first-order valence-electron chi connectivity index (χ1n) is 7.24. The van der Waals surface area contributed by atoms with Gasteiger partial charge in [0, 0.05) is 12.3 Å². The summed E-state index contributed by atoms with van der Waals surface area (Å²) in [5, 5.41) is 0. The molecule has 18 heavy (non-hydrogen) atoms. The van der Waals surface area contributed by atoms with E-state index in [2.05, 4.69) is 20.4 Å². The molecule has 3 aliphatic carbocycles. The molecule has 0 aromatic heterocycles. The third-order valence-electron chi connectivity index (χ3n) is 6.21. The third-order valence-corrected chi connectivity index (χ3v) is 6.21. The molecule has 3 aliphatic rings. The standard InChI is InChI=1S/C16H24O2/c1-10-13-5-6-14(18-11(2)17)16(13)8-7-12(9-16)15(10,3)4/h12-14H,1,5-9H2,2-4H3. The Bertz CT molecular complexity index is 409. The second kappa shape index (κ2) is 3.61. The Kier molecular flexibility index (Phi) is 2.46. The molecule has 3 rings (SSSR count). The molecule has 1 spiro atoms. The minimum atomic E-state index is -0.117. The van der Waals surface area contributed by atoms with E-state index in [1.54, 1.807) is 0 Å². The van der Waals surface area contributed by atoms with Crippen molar-refractivity contribution in [3.8, 4) is 0 Å². The van der Waals surface area contributed by atoms with Gasteiger partial charge in [0.05, 0.1) is 0 Å². The predicted molar refractivity (Wildman–Crippen MR) is 71.0 cm³/mol. The van der Waals surface area contributed by atoms with Gasteiger partial charge < -0.3 is 4.74 Å². The molecule has 2 heteroatoms. The highest BCUT2D eigenvalue weighted by atomic mass is 16.5. The molecule has 0 amide bonds. The van der Waals surface area contributed by atoms with Crippen LogP contribution in [-0.4, -0.2) is 12.1 Å². The number of carbonyl (C=O) groups excluding carboxylic acids is 1. The Hall–Kier alpha value is -0.790. The van der Waals surface area contributed by atoms with Gasteiger partial charge >= 0.3 is 5.97 Å². The number of rotatable bonds is 1. The predicted octanol–water partition coefficient (Wildman–Crippen LogP) is 3.71. The molecular formula is C16H24O2. The van der Waals surface area contributed by atoms with Gasteiger partial charge in [-0.15, -0.1) is 0 Å². The molecule has 0 aromatic carbocycles. The largest absolute Gasteiger partial charge is 0.462 e. The maximum Gasteiger partial charge on any atom is 0.302 e. The smallest absolute Gasteiger partial charge is 0.302 e. The zero-order chi connectivity index (χ0) is 13.1. The normalized spacial score (nSPS) is 44.8. The molecule has 2 nitrogen and oxygen atoms in total. The monoisotopic (exact) mass is 248 g/mol. The van der Waals surface area contributed by atoms with E-state index in [0.29, 0.717) is 5.92 Å². The maximum atomic E-state index is 11.3. The highest BCUT2D eigenvalue weighted by Gasteiger charge is 2.63. The minimum Gasteiger partial charge on any atom is -0.462 e. The van der Waals surface area contributed by atoms with Crippen LogP contribution in [0.2, 0.25) is 0 Å². The summed E-state index contributed by atoms with van der Waals surface area (Å²) in [5.74, 6) is 1.20. The Morgan fingerprint density at radius 2 is 2.06 bits per heavy atom. The highest BCUT2D eigenvalue weighted by molar-refractivity contribution is 5.66. The third kappa shape index (κ3) is 1.38. The Balaban J connectivity index is 1.95. The van der Waals surface area contributed by atoms with Crippen LogP contribution in [-0.2, 0) is 9.53 Å². The van der Waals surface area contributed by atoms with Gasteiger partial charge in [-0.2, -0.15) is 0 Å². The van der Waals surface area contributed by atoms with E-state index >= 15 is 0 Å². The Labute approximate surface area is 110 Å². The molecule has 3 saturated carbocycles. The van der Waals surface area contributed by atoms with Crippen molar-refractivity contribution >= 4 is 5.97 Å². The quantitative estimate of drug-likeness (QED) is 0.522. The van der Waals surface area contributed by atoms with Crippen molar-refractivity contribution in [3.05, 3.63) is 12.2 Å². The molecule has 2 bridgehead atoms. The molecule has 4 atom stereocenters. The van der Waals surface area contributed by atoms with E-state index in [1.165, 1.54) is 31.8 Å². The molecular weight excluding hydrogens is 224 g/mol. The van der Waals surface area contributed by atoms with Gasteiger partial charge in [-0.25, -0.2) is 0 Å². The fourth-order valence-corrected chi connectivity index (χ4v) is 5.06. The average Bonchev–Trinajstić information content (AvgIpc) is 2.83. The molecule has 100 valence electrons. The number of hydrogen-bond acceptors (Lipinski definition) is 2. The van der Waals surface area contributed by atoms with Crippen molar-refractivity contribution in [2.24, 2.45) is 22.7 Å². The molecule has 4 unspecified atom stereocenters. The number of esters is 1. The Morgan fingerprint density at radius 1 is 1.33 bits per heavy atom. The first-order chi connectivity index (χ1) is 8.38. The van der Waals surface area contributed by atoms with E-state index in [0.717, 1.165) is 18.8 Å². The molecule has 3 fully saturated rings. The summed E-state index contributed by atoms with van der Waals surface area (Å²) in [6.07, 6.45) is 6.08. The molecule has 0 heterocycles. The number of hydrogen-bond donors (Lipinski definition) is 0. The zero-order valence-electron chi connectivity index (χ0n) is 11.8. The highest BCUT2D eigenvalue weighted by Crippen LogP contribution is 2.68. The van der Waals surface area contributed by atoms with Gasteiger partial charge in [0.15, 0.2) is 0 Å². The number of allylic oxidation sites excluding steroid dienone is 1. The molecule has 0 N–H and O–H groups in total. The van der Waals surface area contributed by atoms with Gasteiger partial charge in [0.2, 0.25) is 0 Å². The summed E-state index contributed by atoms with van der Waals surface area (Å²) in [4.78, 5) is 11.3. The summed E-state index contributed by atoms with van der Waals surface area (Å²) in [6.45, 7) is 10.7. The van der Waals surface area contributed by atoms with Crippen molar-refractivity contribution < 1.29 is 9.53 Å². The zero-order valence-corrected chi connectivity index (χ0v) is 11.8. The first-order valence-corrected chi connectivity index (χ1v) is 7.24. The van der Waals surface area contributed by atoms with Crippen LogP contribution in [0.15, 0.2) is 12.2 Å². The van der Waals surface area contributed by atoms with Crippen LogP contribution >= 0.6 is 0 Å². The van der Waals surface area contributed by atoms with E-state index in [9.17, 15) is 4.79 Å². The van der Waals surface area contributed by atoms with Crippen LogP contribution < -0.4 is 0 Å². The number of fused-ring (bicyclic) bond motifs is 1. The minimum absolute atomic E-state index is 0.117. The van der Waals surface area contributed by atoms with Crippen molar-refractivity contribution in [2.75, 3.05) is 0 Å². The van der Waals surface area contributed by atoms with Crippen molar-refractivity contribution in [3.63, 3.8) is 0 Å². The van der Waals surface area contributed by atoms with Gasteiger partial charge in [0.25, 0.3) is 0 Å². The number of carbonyl (C=O) groups is 1. The first kappa shape index (κ1) is 12.3. The fourth-order valence-electron chi connectivity index (χ4n) is 5.06. The van der Waals surface area contributed by atoms with E-state index in [4.69, 9.17) is 4.74 Å². The maximum absolute atomic E-state index is 11.3. The van der Waals surface area contributed by atoms with Crippen LogP contribution in [0.5, 0.6) is 0 Å². The summed E-state index contributed by atoms with van der Waals surface area (Å²) in [5.41, 5.74) is 1.93. The average molecular weight is 248 g/mol. The van der Waals surface area contributed by atoms with Crippen LogP contribution in [0.1, 0.15) is 52.9 Å². The van der Waals surface area contributed by atoms with E-state index in [-0.39, 0.29) is 22.9 Å².